The Bertz CT molecular complexity index is 862. The van der Waals surface area contributed by atoms with E-state index in [0.29, 0.717) is 5.56 Å². The maximum atomic E-state index is 12.4. The van der Waals surface area contributed by atoms with Crippen molar-refractivity contribution in [1.82, 2.24) is 20.3 Å². The highest BCUT2D eigenvalue weighted by atomic mass is 16.1. The zero-order valence-electron chi connectivity index (χ0n) is 13.4. The number of aryl methyl sites for hydroxylation is 2. The number of carbonyl (C=O) groups is 1. The van der Waals surface area contributed by atoms with Gasteiger partial charge in [0.25, 0.3) is 5.91 Å². The van der Waals surface area contributed by atoms with E-state index in [4.69, 9.17) is 0 Å². The van der Waals surface area contributed by atoms with E-state index in [2.05, 4.69) is 20.3 Å². The maximum Gasteiger partial charge on any atom is 0.251 e. The molecule has 5 nitrogen and oxygen atoms in total. The van der Waals surface area contributed by atoms with Gasteiger partial charge < -0.3 is 5.32 Å². The van der Waals surface area contributed by atoms with Gasteiger partial charge in [-0.1, -0.05) is 0 Å². The van der Waals surface area contributed by atoms with Gasteiger partial charge in [-0.3, -0.25) is 9.78 Å². The van der Waals surface area contributed by atoms with Crippen molar-refractivity contribution in [3.05, 3.63) is 65.2 Å². The summed E-state index contributed by atoms with van der Waals surface area (Å²) >= 11 is 0. The first-order valence-electron chi connectivity index (χ1n) is 7.50. The predicted octanol–water partition coefficient (Wildman–Crippen LogP) is 3.13. The zero-order chi connectivity index (χ0) is 16.4. The minimum atomic E-state index is -0.128. The van der Waals surface area contributed by atoms with Gasteiger partial charge in [-0.2, -0.15) is 0 Å². The number of carbonyl (C=O) groups excluding carboxylic acids is 1. The second-order valence-corrected chi connectivity index (χ2v) is 5.57. The van der Waals surface area contributed by atoms with Crippen molar-refractivity contribution in [1.29, 1.82) is 0 Å². The molecule has 0 spiro atoms. The monoisotopic (exact) mass is 306 g/mol. The lowest BCUT2D eigenvalue weighted by molar-refractivity contribution is 0.0940. The van der Waals surface area contributed by atoms with Crippen molar-refractivity contribution >= 4 is 16.9 Å². The molecule has 1 atom stereocenters. The number of aromatic nitrogens is 3. The van der Waals surface area contributed by atoms with Gasteiger partial charge in [0.15, 0.2) is 0 Å². The van der Waals surface area contributed by atoms with Gasteiger partial charge in [0.2, 0.25) is 0 Å². The van der Waals surface area contributed by atoms with Crippen LogP contribution in [0.25, 0.3) is 11.0 Å². The van der Waals surface area contributed by atoms with Crippen LogP contribution in [0.4, 0.5) is 0 Å². The molecule has 116 valence electrons. The van der Waals surface area contributed by atoms with Crippen molar-refractivity contribution in [2.75, 3.05) is 0 Å². The van der Waals surface area contributed by atoms with E-state index in [9.17, 15) is 4.79 Å². The molecule has 0 radical (unpaired) electrons. The molecule has 0 saturated carbocycles. The molecule has 0 aliphatic heterocycles. The number of rotatable bonds is 3. The Kier molecular flexibility index (Phi) is 4.02. The van der Waals surface area contributed by atoms with Crippen molar-refractivity contribution in [2.45, 2.75) is 26.8 Å². The predicted molar refractivity (Wildman–Crippen MR) is 89.1 cm³/mol. The van der Waals surface area contributed by atoms with Crippen LogP contribution in [0.1, 0.15) is 40.3 Å². The summed E-state index contributed by atoms with van der Waals surface area (Å²) in [4.78, 5) is 25.4. The molecule has 0 bridgehead atoms. The Morgan fingerprint density at radius 2 is 1.65 bits per heavy atom. The molecule has 0 saturated heterocycles. The van der Waals surface area contributed by atoms with E-state index in [1.165, 1.54) is 0 Å². The number of amides is 1. The minimum Gasteiger partial charge on any atom is -0.346 e. The third-order valence-corrected chi connectivity index (χ3v) is 3.89. The van der Waals surface area contributed by atoms with E-state index >= 15 is 0 Å². The molecule has 3 rings (SSSR count). The summed E-state index contributed by atoms with van der Waals surface area (Å²) in [5.74, 6) is -0.128. The zero-order valence-corrected chi connectivity index (χ0v) is 13.4. The first-order chi connectivity index (χ1) is 11.0. The number of hydrogen-bond acceptors (Lipinski definition) is 4. The van der Waals surface area contributed by atoms with Crippen molar-refractivity contribution < 1.29 is 4.79 Å². The van der Waals surface area contributed by atoms with E-state index in [1.54, 1.807) is 24.5 Å². The van der Waals surface area contributed by atoms with Gasteiger partial charge in [-0.15, -0.1) is 0 Å². The summed E-state index contributed by atoms with van der Waals surface area (Å²) in [5, 5.41) is 2.99. The molecule has 1 amide bonds. The topological polar surface area (TPSA) is 67.8 Å². The quantitative estimate of drug-likeness (QED) is 0.807. The lowest BCUT2D eigenvalue weighted by Gasteiger charge is -2.14. The minimum absolute atomic E-state index is 0.0907. The fraction of sp³-hybridized carbons (Fsp3) is 0.222. The number of nitrogens with one attached hydrogen (secondary N) is 1. The van der Waals surface area contributed by atoms with Crippen LogP contribution in [0.15, 0.2) is 42.7 Å². The van der Waals surface area contributed by atoms with Gasteiger partial charge >= 0.3 is 0 Å². The Morgan fingerprint density at radius 3 is 2.35 bits per heavy atom. The van der Waals surface area contributed by atoms with Gasteiger partial charge in [-0.25, -0.2) is 9.97 Å². The van der Waals surface area contributed by atoms with Crippen LogP contribution in [0.5, 0.6) is 0 Å². The summed E-state index contributed by atoms with van der Waals surface area (Å²) in [5.41, 5.74) is 4.90. The van der Waals surface area contributed by atoms with Crippen LogP contribution in [0.3, 0.4) is 0 Å². The first-order valence-corrected chi connectivity index (χ1v) is 7.50. The van der Waals surface area contributed by atoms with Crippen molar-refractivity contribution in [2.24, 2.45) is 0 Å². The number of fused-ring (bicyclic) bond motifs is 1. The van der Waals surface area contributed by atoms with E-state index in [0.717, 1.165) is 28.0 Å². The van der Waals surface area contributed by atoms with Crippen molar-refractivity contribution in [3.8, 4) is 0 Å². The average molecular weight is 306 g/mol. The van der Waals surface area contributed by atoms with Gasteiger partial charge in [-0.05, 0) is 56.7 Å². The molecular weight excluding hydrogens is 288 g/mol. The molecular formula is C18H18N4O. The van der Waals surface area contributed by atoms with Crippen LogP contribution < -0.4 is 5.32 Å². The van der Waals surface area contributed by atoms with Crippen LogP contribution in [-0.4, -0.2) is 20.9 Å². The molecule has 0 unspecified atom stereocenters. The summed E-state index contributed by atoms with van der Waals surface area (Å²) in [6.45, 7) is 5.79. The molecule has 5 heteroatoms. The van der Waals surface area contributed by atoms with E-state index < -0.39 is 0 Å². The Balaban J connectivity index is 1.85. The molecule has 3 aromatic rings. The third-order valence-electron chi connectivity index (χ3n) is 3.89. The van der Waals surface area contributed by atoms with E-state index in [-0.39, 0.29) is 11.9 Å². The summed E-state index contributed by atoms with van der Waals surface area (Å²) in [6.07, 6.45) is 3.43. The lowest BCUT2D eigenvalue weighted by atomic mass is 10.1. The van der Waals surface area contributed by atoms with Crippen LogP contribution in [0.2, 0.25) is 0 Å². The second kappa shape index (κ2) is 6.12. The summed E-state index contributed by atoms with van der Waals surface area (Å²) in [7, 11) is 0. The Morgan fingerprint density at radius 1 is 1.00 bits per heavy atom. The highest BCUT2D eigenvalue weighted by molar-refractivity contribution is 5.97. The molecule has 0 fully saturated rings. The summed E-state index contributed by atoms with van der Waals surface area (Å²) in [6, 6.07) is 9.09. The third kappa shape index (κ3) is 3.18. The maximum absolute atomic E-state index is 12.4. The number of hydrogen-bond donors (Lipinski definition) is 1. The molecule has 1 N–H and O–H groups in total. The summed E-state index contributed by atoms with van der Waals surface area (Å²) < 4.78 is 0. The molecule has 2 heterocycles. The second-order valence-electron chi connectivity index (χ2n) is 5.57. The van der Waals surface area contributed by atoms with Crippen LogP contribution in [-0.2, 0) is 0 Å². The number of pyridine rings is 1. The SMILES string of the molecule is Cc1nc2ccc(C(=O)N[C@@H](C)c3ccncc3)cc2nc1C. The Hall–Kier alpha value is -2.82. The molecule has 0 aliphatic rings. The van der Waals surface area contributed by atoms with Crippen molar-refractivity contribution in [3.63, 3.8) is 0 Å². The normalized spacial score (nSPS) is 12.1. The number of benzene rings is 1. The van der Waals surface area contributed by atoms with Gasteiger partial charge in [0, 0.05) is 18.0 Å². The standard InChI is InChI=1S/C18H18N4O/c1-11-12(2)21-17-10-15(4-5-16(17)20-11)18(23)22-13(3)14-6-8-19-9-7-14/h4-10,13H,1-3H3,(H,22,23)/t13-/m0/s1. The van der Waals surface area contributed by atoms with E-state index in [1.807, 2.05) is 39.0 Å². The fourth-order valence-electron chi connectivity index (χ4n) is 2.39. The Labute approximate surface area is 134 Å². The lowest BCUT2D eigenvalue weighted by Crippen LogP contribution is -2.26. The largest absolute Gasteiger partial charge is 0.346 e. The van der Waals surface area contributed by atoms with Crippen LogP contribution in [0, 0.1) is 13.8 Å². The highest BCUT2D eigenvalue weighted by Gasteiger charge is 2.12. The number of nitrogens with zero attached hydrogens (tertiary/aromatic N) is 3. The average Bonchev–Trinajstić information content (AvgIpc) is 2.56. The fourth-order valence-corrected chi connectivity index (χ4v) is 2.39. The molecule has 2 aromatic heterocycles. The first kappa shape index (κ1) is 15.1. The molecule has 23 heavy (non-hydrogen) atoms. The highest BCUT2D eigenvalue weighted by Crippen LogP contribution is 2.16. The smallest absolute Gasteiger partial charge is 0.251 e. The molecule has 1 aromatic carbocycles. The molecule has 0 aliphatic carbocycles. The van der Waals surface area contributed by atoms with Gasteiger partial charge in [0.1, 0.15) is 0 Å². The van der Waals surface area contributed by atoms with Gasteiger partial charge in [0.05, 0.1) is 28.5 Å². The van der Waals surface area contributed by atoms with Crippen LogP contribution >= 0.6 is 0 Å².